The van der Waals surface area contributed by atoms with Crippen molar-refractivity contribution in [3.8, 4) is 11.8 Å². The summed E-state index contributed by atoms with van der Waals surface area (Å²) in [6, 6.07) is 12.1. The third kappa shape index (κ3) is 3.57. The zero-order valence-electron chi connectivity index (χ0n) is 11.1. The first-order chi connectivity index (χ1) is 9.22. The van der Waals surface area contributed by atoms with E-state index in [9.17, 15) is 0 Å². The predicted molar refractivity (Wildman–Crippen MR) is 77.3 cm³/mol. The average Bonchev–Trinajstić information content (AvgIpc) is 2.84. The Morgan fingerprint density at radius 2 is 2.11 bits per heavy atom. The van der Waals surface area contributed by atoms with Crippen molar-refractivity contribution in [2.24, 2.45) is 0 Å². The van der Waals surface area contributed by atoms with E-state index in [0.717, 1.165) is 18.7 Å². The van der Waals surface area contributed by atoms with E-state index in [-0.39, 0.29) is 0 Å². The van der Waals surface area contributed by atoms with Crippen LogP contribution in [0.2, 0.25) is 0 Å². The topological polar surface area (TPSA) is 45.0 Å². The molecule has 0 saturated heterocycles. The Labute approximate surface area is 117 Å². The minimum Gasteiger partial charge on any atom is -0.495 e. The van der Waals surface area contributed by atoms with Crippen LogP contribution in [0.25, 0.3) is 0 Å². The number of nitrogens with one attached hydrogen (secondary N) is 1. The van der Waals surface area contributed by atoms with Gasteiger partial charge in [0.05, 0.1) is 12.7 Å². The Morgan fingerprint density at radius 3 is 2.74 bits per heavy atom. The van der Waals surface area contributed by atoms with Gasteiger partial charge in [0, 0.05) is 22.8 Å². The van der Waals surface area contributed by atoms with Gasteiger partial charge in [0.25, 0.3) is 0 Å². The molecule has 98 valence electrons. The summed E-state index contributed by atoms with van der Waals surface area (Å²) in [5, 5.41) is 12.4. The molecule has 1 aromatic carbocycles. The highest BCUT2D eigenvalue weighted by atomic mass is 32.1. The molecule has 0 unspecified atom stereocenters. The summed E-state index contributed by atoms with van der Waals surface area (Å²) in [6.45, 7) is 3.71. The maximum absolute atomic E-state index is 9.03. The van der Waals surface area contributed by atoms with E-state index in [0.29, 0.717) is 11.3 Å². The first-order valence-corrected chi connectivity index (χ1v) is 6.87. The monoisotopic (exact) mass is 272 g/mol. The first kappa shape index (κ1) is 13.6. The summed E-state index contributed by atoms with van der Waals surface area (Å²) in [6.07, 6.45) is 0. The fourth-order valence-electron chi connectivity index (χ4n) is 1.86. The molecule has 0 radical (unpaired) electrons. The molecule has 1 N–H and O–H groups in total. The Balaban J connectivity index is 1.95. The number of thiophene rings is 1. The molecule has 2 aromatic rings. The van der Waals surface area contributed by atoms with Crippen LogP contribution in [0.4, 0.5) is 0 Å². The zero-order chi connectivity index (χ0) is 13.7. The molecule has 3 nitrogen and oxygen atoms in total. The molecular formula is C15H16N2OS. The van der Waals surface area contributed by atoms with Crippen LogP contribution in [0.3, 0.4) is 0 Å². The second kappa shape index (κ2) is 6.37. The lowest BCUT2D eigenvalue weighted by molar-refractivity contribution is 0.413. The van der Waals surface area contributed by atoms with Gasteiger partial charge in [-0.2, -0.15) is 5.26 Å². The molecule has 1 heterocycles. The van der Waals surface area contributed by atoms with Crippen LogP contribution >= 0.6 is 11.3 Å². The van der Waals surface area contributed by atoms with E-state index in [2.05, 4.69) is 30.4 Å². The van der Waals surface area contributed by atoms with Gasteiger partial charge in [-0.3, -0.25) is 0 Å². The van der Waals surface area contributed by atoms with Crippen molar-refractivity contribution in [3.05, 3.63) is 51.2 Å². The van der Waals surface area contributed by atoms with E-state index in [1.165, 1.54) is 9.75 Å². The minimum absolute atomic E-state index is 0.578. The van der Waals surface area contributed by atoms with Gasteiger partial charge < -0.3 is 10.1 Å². The predicted octanol–water partition coefficient (Wildman–Crippen LogP) is 3.23. The molecule has 0 amide bonds. The highest BCUT2D eigenvalue weighted by molar-refractivity contribution is 7.11. The van der Waals surface area contributed by atoms with Crippen molar-refractivity contribution in [2.75, 3.05) is 7.11 Å². The van der Waals surface area contributed by atoms with Crippen molar-refractivity contribution < 1.29 is 4.74 Å². The summed E-state index contributed by atoms with van der Waals surface area (Å²) in [5.74, 6) is 0.625. The Bertz CT molecular complexity index is 598. The molecule has 4 heteroatoms. The van der Waals surface area contributed by atoms with Crippen LogP contribution < -0.4 is 10.1 Å². The molecule has 19 heavy (non-hydrogen) atoms. The molecule has 0 aliphatic heterocycles. The standard InChI is InChI=1S/C15H16N2OS/c1-11-3-5-14(19-11)10-17-9-12-4-6-15(18-2)13(7-12)8-16/h3-7,17H,9-10H2,1-2H3. The van der Waals surface area contributed by atoms with Gasteiger partial charge in [-0.25, -0.2) is 0 Å². The Morgan fingerprint density at radius 1 is 1.26 bits per heavy atom. The molecular weight excluding hydrogens is 256 g/mol. The molecule has 0 bridgehead atoms. The molecule has 0 aliphatic rings. The fraction of sp³-hybridized carbons (Fsp3) is 0.267. The second-order valence-electron chi connectivity index (χ2n) is 4.26. The van der Waals surface area contributed by atoms with E-state index >= 15 is 0 Å². The maximum Gasteiger partial charge on any atom is 0.136 e. The van der Waals surface area contributed by atoms with Gasteiger partial charge >= 0.3 is 0 Å². The maximum atomic E-state index is 9.03. The van der Waals surface area contributed by atoms with Crippen LogP contribution in [0.15, 0.2) is 30.3 Å². The van der Waals surface area contributed by atoms with Gasteiger partial charge in [-0.15, -0.1) is 11.3 Å². The van der Waals surface area contributed by atoms with Crippen LogP contribution in [-0.2, 0) is 13.1 Å². The van der Waals surface area contributed by atoms with E-state index in [1.807, 2.05) is 18.2 Å². The van der Waals surface area contributed by atoms with E-state index in [4.69, 9.17) is 10.00 Å². The molecule has 0 spiro atoms. The largest absolute Gasteiger partial charge is 0.495 e. The summed E-state index contributed by atoms with van der Waals surface area (Å²) >= 11 is 1.80. The fourth-order valence-corrected chi connectivity index (χ4v) is 2.72. The number of rotatable bonds is 5. The van der Waals surface area contributed by atoms with Gasteiger partial charge in [0.1, 0.15) is 11.8 Å². The normalized spacial score (nSPS) is 10.2. The van der Waals surface area contributed by atoms with Crippen molar-refractivity contribution in [1.29, 1.82) is 5.26 Å². The van der Waals surface area contributed by atoms with Crippen molar-refractivity contribution in [3.63, 3.8) is 0 Å². The highest BCUT2D eigenvalue weighted by Crippen LogP contribution is 2.19. The zero-order valence-corrected chi connectivity index (χ0v) is 11.9. The number of nitriles is 1. The highest BCUT2D eigenvalue weighted by Gasteiger charge is 2.03. The number of hydrogen-bond donors (Lipinski definition) is 1. The molecule has 1 aromatic heterocycles. The molecule has 2 rings (SSSR count). The Kier molecular flexibility index (Phi) is 4.56. The van der Waals surface area contributed by atoms with Gasteiger partial charge in [0.15, 0.2) is 0 Å². The molecule has 0 aliphatic carbocycles. The SMILES string of the molecule is COc1ccc(CNCc2ccc(C)s2)cc1C#N. The van der Waals surface area contributed by atoms with Crippen LogP contribution in [0.1, 0.15) is 20.9 Å². The van der Waals surface area contributed by atoms with Crippen molar-refractivity contribution >= 4 is 11.3 Å². The average molecular weight is 272 g/mol. The number of hydrogen-bond acceptors (Lipinski definition) is 4. The number of methoxy groups -OCH3 is 1. The lowest BCUT2D eigenvalue weighted by atomic mass is 10.1. The number of benzene rings is 1. The third-order valence-electron chi connectivity index (χ3n) is 2.81. The smallest absolute Gasteiger partial charge is 0.136 e. The second-order valence-corrected chi connectivity index (χ2v) is 5.63. The lowest BCUT2D eigenvalue weighted by Gasteiger charge is -2.07. The first-order valence-electron chi connectivity index (χ1n) is 6.06. The minimum atomic E-state index is 0.578. The van der Waals surface area contributed by atoms with E-state index in [1.54, 1.807) is 18.4 Å². The van der Waals surface area contributed by atoms with Crippen molar-refractivity contribution in [1.82, 2.24) is 5.32 Å². The molecule has 0 atom stereocenters. The number of ether oxygens (including phenoxy) is 1. The summed E-state index contributed by atoms with van der Waals surface area (Å²) < 4.78 is 5.13. The van der Waals surface area contributed by atoms with Crippen LogP contribution in [-0.4, -0.2) is 7.11 Å². The molecule has 0 saturated carbocycles. The lowest BCUT2D eigenvalue weighted by Crippen LogP contribution is -2.11. The van der Waals surface area contributed by atoms with Crippen molar-refractivity contribution in [2.45, 2.75) is 20.0 Å². The van der Waals surface area contributed by atoms with Gasteiger partial charge in [0.2, 0.25) is 0 Å². The van der Waals surface area contributed by atoms with Gasteiger partial charge in [-0.05, 0) is 36.8 Å². The van der Waals surface area contributed by atoms with Crippen LogP contribution in [0, 0.1) is 18.3 Å². The third-order valence-corrected chi connectivity index (χ3v) is 3.81. The summed E-state index contributed by atoms with van der Waals surface area (Å²) in [7, 11) is 1.58. The molecule has 0 fully saturated rings. The Hall–Kier alpha value is -1.83. The summed E-state index contributed by atoms with van der Waals surface area (Å²) in [5.41, 5.74) is 1.67. The van der Waals surface area contributed by atoms with E-state index < -0.39 is 0 Å². The number of aryl methyl sites for hydroxylation is 1. The van der Waals surface area contributed by atoms with Crippen LogP contribution in [0.5, 0.6) is 5.75 Å². The number of nitrogens with zero attached hydrogens (tertiary/aromatic N) is 1. The van der Waals surface area contributed by atoms with Gasteiger partial charge in [-0.1, -0.05) is 6.07 Å². The quantitative estimate of drug-likeness (QED) is 0.909. The summed E-state index contributed by atoms with van der Waals surface area (Å²) in [4.78, 5) is 2.65.